The SMILES string of the molecule is COCC(C)CC(=O)NCC(N)C(C)C. The van der Waals surface area contributed by atoms with Gasteiger partial charge in [-0.25, -0.2) is 0 Å². The smallest absolute Gasteiger partial charge is 0.220 e. The van der Waals surface area contributed by atoms with E-state index in [4.69, 9.17) is 10.5 Å². The highest BCUT2D eigenvalue weighted by atomic mass is 16.5. The second kappa shape index (κ2) is 7.65. The molecule has 0 saturated heterocycles. The zero-order chi connectivity index (χ0) is 11.8. The predicted molar refractivity (Wildman–Crippen MR) is 61.5 cm³/mol. The predicted octanol–water partition coefficient (Wildman–Crippen LogP) is 0.759. The summed E-state index contributed by atoms with van der Waals surface area (Å²) in [5.74, 6) is 0.697. The fraction of sp³-hybridized carbons (Fsp3) is 0.909. The first-order valence-corrected chi connectivity index (χ1v) is 5.48. The number of nitrogens with one attached hydrogen (secondary N) is 1. The highest BCUT2D eigenvalue weighted by molar-refractivity contribution is 5.76. The maximum absolute atomic E-state index is 11.4. The number of hydrogen-bond acceptors (Lipinski definition) is 3. The maximum atomic E-state index is 11.4. The van der Waals surface area contributed by atoms with Gasteiger partial charge in [0.2, 0.25) is 5.91 Å². The molecule has 4 nitrogen and oxygen atoms in total. The number of rotatable bonds is 7. The lowest BCUT2D eigenvalue weighted by atomic mass is 10.1. The Balaban J connectivity index is 3.66. The number of methoxy groups -OCH3 is 1. The van der Waals surface area contributed by atoms with Gasteiger partial charge in [-0.15, -0.1) is 0 Å². The van der Waals surface area contributed by atoms with E-state index in [-0.39, 0.29) is 17.9 Å². The molecule has 1 amide bonds. The Morgan fingerprint density at radius 2 is 2.00 bits per heavy atom. The van der Waals surface area contributed by atoms with E-state index in [2.05, 4.69) is 5.32 Å². The van der Waals surface area contributed by atoms with Crippen LogP contribution in [0.3, 0.4) is 0 Å². The van der Waals surface area contributed by atoms with Gasteiger partial charge in [-0.3, -0.25) is 4.79 Å². The van der Waals surface area contributed by atoms with Gasteiger partial charge < -0.3 is 15.8 Å². The second-order valence-electron chi connectivity index (χ2n) is 4.48. The van der Waals surface area contributed by atoms with E-state index in [0.29, 0.717) is 25.5 Å². The monoisotopic (exact) mass is 216 g/mol. The molecular weight excluding hydrogens is 192 g/mol. The molecule has 15 heavy (non-hydrogen) atoms. The van der Waals surface area contributed by atoms with Gasteiger partial charge in [0, 0.05) is 32.7 Å². The van der Waals surface area contributed by atoms with E-state index in [0.717, 1.165) is 0 Å². The zero-order valence-corrected chi connectivity index (χ0v) is 10.2. The minimum absolute atomic E-state index is 0.0340. The first-order chi connectivity index (χ1) is 6.97. The van der Waals surface area contributed by atoms with Gasteiger partial charge in [0.1, 0.15) is 0 Å². The molecule has 2 unspecified atom stereocenters. The van der Waals surface area contributed by atoms with Crippen LogP contribution in [0.25, 0.3) is 0 Å². The standard InChI is InChI=1S/C11H24N2O2/c1-8(2)10(12)6-13-11(14)5-9(3)7-15-4/h8-10H,5-7,12H2,1-4H3,(H,13,14). The van der Waals surface area contributed by atoms with Crippen LogP contribution in [-0.2, 0) is 9.53 Å². The summed E-state index contributed by atoms with van der Waals surface area (Å²) in [5.41, 5.74) is 5.81. The van der Waals surface area contributed by atoms with Crippen LogP contribution in [0.1, 0.15) is 27.2 Å². The average Bonchev–Trinajstić information content (AvgIpc) is 2.14. The Bertz CT molecular complexity index is 183. The van der Waals surface area contributed by atoms with Crippen molar-refractivity contribution in [1.82, 2.24) is 5.32 Å². The summed E-state index contributed by atoms with van der Waals surface area (Å²) in [4.78, 5) is 11.4. The molecule has 0 aliphatic carbocycles. The number of carbonyl (C=O) groups is 1. The van der Waals surface area contributed by atoms with Crippen molar-refractivity contribution < 1.29 is 9.53 Å². The van der Waals surface area contributed by atoms with Gasteiger partial charge in [0.15, 0.2) is 0 Å². The number of carbonyl (C=O) groups excluding carboxylic acids is 1. The molecule has 3 N–H and O–H groups in total. The molecule has 0 rings (SSSR count). The third kappa shape index (κ3) is 7.33. The van der Waals surface area contributed by atoms with Crippen molar-refractivity contribution in [2.75, 3.05) is 20.3 Å². The van der Waals surface area contributed by atoms with Gasteiger partial charge in [0.05, 0.1) is 0 Å². The summed E-state index contributed by atoms with van der Waals surface area (Å²) >= 11 is 0. The van der Waals surface area contributed by atoms with Gasteiger partial charge in [0.25, 0.3) is 0 Å². The summed E-state index contributed by atoms with van der Waals surface area (Å²) < 4.78 is 4.96. The molecule has 0 heterocycles. The molecule has 0 spiro atoms. The van der Waals surface area contributed by atoms with Crippen molar-refractivity contribution in [3.05, 3.63) is 0 Å². The van der Waals surface area contributed by atoms with Crippen molar-refractivity contribution in [1.29, 1.82) is 0 Å². The van der Waals surface area contributed by atoms with Gasteiger partial charge in [-0.05, 0) is 11.8 Å². The summed E-state index contributed by atoms with van der Waals surface area (Å²) in [6.07, 6.45) is 0.499. The lowest BCUT2D eigenvalue weighted by Gasteiger charge is -2.17. The third-order valence-electron chi connectivity index (χ3n) is 2.38. The number of nitrogens with two attached hydrogens (primary N) is 1. The Labute approximate surface area is 92.6 Å². The molecule has 0 saturated carbocycles. The average molecular weight is 216 g/mol. The van der Waals surface area contributed by atoms with Crippen LogP contribution in [0.4, 0.5) is 0 Å². The van der Waals surface area contributed by atoms with E-state index >= 15 is 0 Å². The van der Waals surface area contributed by atoms with Crippen molar-refractivity contribution >= 4 is 5.91 Å². The third-order valence-corrected chi connectivity index (χ3v) is 2.38. The summed E-state index contributed by atoms with van der Waals surface area (Å²) in [6.45, 7) is 7.25. The fourth-order valence-corrected chi connectivity index (χ4v) is 1.20. The molecule has 0 aliphatic rings. The van der Waals surface area contributed by atoms with E-state index in [1.165, 1.54) is 0 Å². The van der Waals surface area contributed by atoms with Crippen LogP contribution >= 0.6 is 0 Å². The molecule has 0 bridgehead atoms. The van der Waals surface area contributed by atoms with Crippen molar-refractivity contribution in [2.24, 2.45) is 17.6 Å². The first kappa shape index (κ1) is 14.4. The molecule has 4 heteroatoms. The molecule has 2 atom stereocenters. The quantitative estimate of drug-likeness (QED) is 0.660. The summed E-state index contributed by atoms with van der Waals surface area (Å²) in [5, 5.41) is 2.83. The van der Waals surface area contributed by atoms with E-state index < -0.39 is 0 Å². The van der Waals surface area contributed by atoms with Gasteiger partial charge in [-0.1, -0.05) is 20.8 Å². The normalized spacial score (nSPS) is 15.1. The van der Waals surface area contributed by atoms with Crippen LogP contribution in [-0.4, -0.2) is 32.2 Å². The number of amides is 1. The molecular formula is C11H24N2O2. The second-order valence-corrected chi connectivity index (χ2v) is 4.48. The topological polar surface area (TPSA) is 64.3 Å². The van der Waals surface area contributed by atoms with Gasteiger partial charge >= 0.3 is 0 Å². The largest absolute Gasteiger partial charge is 0.384 e. The van der Waals surface area contributed by atoms with Gasteiger partial charge in [-0.2, -0.15) is 0 Å². The Morgan fingerprint density at radius 3 is 2.47 bits per heavy atom. The maximum Gasteiger partial charge on any atom is 0.220 e. The summed E-state index contributed by atoms with van der Waals surface area (Å²) in [7, 11) is 1.64. The molecule has 0 fully saturated rings. The lowest BCUT2D eigenvalue weighted by molar-refractivity contribution is -0.122. The van der Waals surface area contributed by atoms with Crippen LogP contribution in [0, 0.1) is 11.8 Å². The molecule has 0 aromatic carbocycles. The van der Waals surface area contributed by atoms with Crippen molar-refractivity contribution in [3.63, 3.8) is 0 Å². The van der Waals surface area contributed by atoms with Crippen LogP contribution < -0.4 is 11.1 Å². The number of hydrogen-bond donors (Lipinski definition) is 2. The van der Waals surface area contributed by atoms with E-state index in [1.807, 2.05) is 20.8 Å². The lowest BCUT2D eigenvalue weighted by Crippen LogP contribution is -2.40. The molecule has 0 aliphatic heterocycles. The molecule has 0 aromatic rings. The van der Waals surface area contributed by atoms with E-state index in [9.17, 15) is 4.79 Å². The molecule has 0 aromatic heterocycles. The Hall–Kier alpha value is -0.610. The zero-order valence-electron chi connectivity index (χ0n) is 10.2. The molecule has 0 radical (unpaired) electrons. The van der Waals surface area contributed by atoms with Crippen LogP contribution in [0.2, 0.25) is 0 Å². The fourth-order valence-electron chi connectivity index (χ4n) is 1.20. The van der Waals surface area contributed by atoms with Crippen LogP contribution in [0.5, 0.6) is 0 Å². The van der Waals surface area contributed by atoms with Crippen LogP contribution in [0.15, 0.2) is 0 Å². The minimum atomic E-state index is 0.0340. The van der Waals surface area contributed by atoms with Crippen molar-refractivity contribution in [3.8, 4) is 0 Å². The summed E-state index contributed by atoms with van der Waals surface area (Å²) in [6, 6.07) is 0.0340. The highest BCUT2D eigenvalue weighted by Gasteiger charge is 2.11. The molecule has 90 valence electrons. The Morgan fingerprint density at radius 1 is 1.40 bits per heavy atom. The first-order valence-electron chi connectivity index (χ1n) is 5.48. The van der Waals surface area contributed by atoms with E-state index in [1.54, 1.807) is 7.11 Å². The highest BCUT2D eigenvalue weighted by Crippen LogP contribution is 2.02. The number of ether oxygens (including phenoxy) is 1. The Kier molecular flexibility index (Phi) is 7.34. The minimum Gasteiger partial charge on any atom is -0.384 e. The van der Waals surface area contributed by atoms with Crippen molar-refractivity contribution in [2.45, 2.75) is 33.2 Å².